The predicted molar refractivity (Wildman–Crippen MR) is 88.2 cm³/mol. The second kappa shape index (κ2) is 6.11. The maximum absolute atomic E-state index is 9.69. The van der Waals surface area contributed by atoms with Crippen LogP contribution in [0.4, 0.5) is 5.69 Å². The van der Waals surface area contributed by atoms with Gasteiger partial charge in [0.05, 0.1) is 0 Å². The summed E-state index contributed by atoms with van der Waals surface area (Å²) in [5, 5.41) is 9.69. The quantitative estimate of drug-likeness (QED) is 0.798. The molecule has 104 valence electrons. The number of hydrogen-bond donors (Lipinski definition) is 1. The van der Waals surface area contributed by atoms with Gasteiger partial charge < -0.3 is 10.0 Å². The summed E-state index contributed by atoms with van der Waals surface area (Å²) in [6, 6.07) is 5.37. The largest absolute Gasteiger partial charge is 0.508 e. The molecule has 0 aromatic heterocycles. The third-order valence-corrected chi connectivity index (χ3v) is 4.81. The molecule has 0 bridgehead atoms. The van der Waals surface area contributed by atoms with Gasteiger partial charge in [0.2, 0.25) is 0 Å². The second-order valence-corrected chi connectivity index (χ2v) is 5.98. The molecule has 1 aromatic rings. The highest BCUT2D eigenvalue weighted by Gasteiger charge is 2.21. The molecule has 0 saturated heterocycles. The first-order valence-electron chi connectivity index (χ1n) is 6.55. The minimum absolute atomic E-state index is 0.100. The molecule has 2 rings (SSSR count). The highest BCUT2D eigenvalue weighted by atomic mass is 32.2. The number of nitrogens with zero attached hydrogens (tertiary/aromatic N) is 1. The van der Waals surface area contributed by atoms with Crippen LogP contribution in [-0.4, -0.2) is 23.9 Å². The van der Waals surface area contributed by atoms with Crippen LogP contribution in [0, 0.1) is 12.3 Å². The third kappa shape index (κ3) is 2.71. The fourth-order valence-electron chi connectivity index (χ4n) is 2.52. The zero-order valence-electron chi connectivity index (χ0n) is 11.9. The highest BCUT2D eigenvalue weighted by Crippen LogP contribution is 2.33. The van der Waals surface area contributed by atoms with Crippen molar-refractivity contribution in [3.8, 4) is 18.1 Å². The molecule has 20 heavy (non-hydrogen) atoms. The van der Waals surface area contributed by atoms with Crippen LogP contribution in [0.5, 0.6) is 5.75 Å². The van der Waals surface area contributed by atoms with Crippen molar-refractivity contribution in [2.45, 2.75) is 19.4 Å². The van der Waals surface area contributed by atoms with E-state index in [9.17, 15) is 5.11 Å². The molecule has 2 nitrogen and oxygen atoms in total. The summed E-state index contributed by atoms with van der Waals surface area (Å²) < 4.78 is 0. The van der Waals surface area contributed by atoms with E-state index in [1.165, 1.54) is 0 Å². The van der Waals surface area contributed by atoms with Gasteiger partial charge in [0.1, 0.15) is 11.8 Å². The molecule has 0 aliphatic carbocycles. The van der Waals surface area contributed by atoms with Crippen molar-refractivity contribution in [3.63, 3.8) is 0 Å². The van der Waals surface area contributed by atoms with Gasteiger partial charge in [-0.15, -0.1) is 18.2 Å². The van der Waals surface area contributed by atoms with Crippen molar-refractivity contribution in [3.05, 3.63) is 46.9 Å². The lowest BCUT2D eigenvalue weighted by Crippen LogP contribution is -2.32. The van der Waals surface area contributed by atoms with Crippen molar-refractivity contribution in [1.82, 2.24) is 0 Å². The second-order valence-electron chi connectivity index (χ2n) is 4.84. The van der Waals surface area contributed by atoms with E-state index < -0.39 is 0 Å². The molecule has 0 amide bonds. The Morgan fingerprint density at radius 2 is 2.30 bits per heavy atom. The number of phenolic OH excluding ortho intramolecular Hbond substituents is 1. The van der Waals surface area contributed by atoms with Crippen LogP contribution in [0.3, 0.4) is 0 Å². The molecule has 1 N–H and O–H groups in total. The van der Waals surface area contributed by atoms with E-state index in [-0.39, 0.29) is 6.04 Å². The van der Waals surface area contributed by atoms with E-state index in [2.05, 4.69) is 24.3 Å². The Morgan fingerprint density at radius 1 is 1.55 bits per heavy atom. The van der Waals surface area contributed by atoms with E-state index in [4.69, 9.17) is 6.42 Å². The standard InChI is InChI=1S/C17H19NOS/c1-5-15-12(3)17(6-2)20-10-9-13-11-14(19)7-8-16(13)18(15)4/h1,6-8,11,15,19H,2,9-10H2,3-4H3/b17-12-. The molecule has 1 aliphatic heterocycles. The van der Waals surface area contributed by atoms with Gasteiger partial charge in [-0.3, -0.25) is 0 Å². The zero-order chi connectivity index (χ0) is 14.7. The van der Waals surface area contributed by atoms with E-state index in [1.54, 1.807) is 17.8 Å². The van der Waals surface area contributed by atoms with Crippen molar-refractivity contribution in [2.75, 3.05) is 17.7 Å². The van der Waals surface area contributed by atoms with Gasteiger partial charge >= 0.3 is 0 Å². The minimum Gasteiger partial charge on any atom is -0.508 e. The number of terminal acetylenes is 1. The van der Waals surface area contributed by atoms with E-state index in [1.807, 2.05) is 25.3 Å². The Bertz CT molecular complexity index is 597. The van der Waals surface area contributed by atoms with Crippen molar-refractivity contribution in [2.24, 2.45) is 0 Å². The van der Waals surface area contributed by atoms with Crippen LogP contribution in [0.25, 0.3) is 0 Å². The maximum Gasteiger partial charge on any atom is 0.116 e. The Labute approximate surface area is 125 Å². The molecule has 3 heteroatoms. The molecule has 1 heterocycles. The summed E-state index contributed by atoms with van der Waals surface area (Å²) in [6.45, 7) is 5.95. The Hall–Kier alpha value is -1.79. The number of aromatic hydroxyl groups is 1. The van der Waals surface area contributed by atoms with Crippen LogP contribution in [0.1, 0.15) is 12.5 Å². The van der Waals surface area contributed by atoms with E-state index in [0.717, 1.165) is 33.9 Å². The number of likely N-dealkylation sites (N-methyl/N-ethyl adjacent to an activating group) is 1. The minimum atomic E-state index is -0.100. The number of hydrogen-bond acceptors (Lipinski definition) is 3. The van der Waals surface area contributed by atoms with Crippen molar-refractivity contribution in [1.29, 1.82) is 0 Å². The van der Waals surface area contributed by atoms with Gasteiger partial charge in [0, 0.05) is 23.4 Å². The average Bonchev–Trinajstić information content (AvgIpc) is 2.47. The van der Waals surface area contributed by atoms with Crippen LogP contribution in [0.2, 0.25) is 0 Å². The molecule has 0 saturated carbocycles. The first kappa shape index (κ1) is 14.6. The van der Waals surface area contributed by atoms with Crippen LogP contribution < -0.4 is 4.90 Å². The van der Waals surface area contributed by atoms with E-state index >= 15 is 0 Å². The molecule has 0 spiro atoms. The number of allylic oxidation sites excluding steroid dienone is 1. The Morgan fingerprint density at radius 3 is 2.95 bits per heavy atom. The number of benzene rings is 1. The van der Waals surface area contributed by atoms with Gasteiger partial charge in [0.15, 0.2) is 0 Å². The molecule has 1 aliphatic rings. The topological polar surface area (TPSA) is 23.5 Å². The smallest absolute Gasteiger partial charge is 0.116 e. The molecule has 0 fully saturated rings. The lowest BCUT2D eigenvalue weighted by atomic mass is 10.0. The molecule has 1 atom stereocenters. The van der Waals surface area contributed by atoms with Gasteiger partial charge in [-0.1, -0.05) is 18.6 Å². The summed E-state index contributed by atoms with van der Waals surface area (Å²) in [6.07, 6.45) is 8.51. The van der Waals surface area contributed by atoms with Gasteiger partial charge in [-0.25, -0.2) is 0 Å². The fourth-order valence-corrected chi connectivity index (χ4v) is 3.52. The van der Waals surface area contributed by atoms with Crippen LogP contribution in [0.15, 0.2) is 41.3 Å². The number of phenols is 1. The first-order chi connectivity index (χ1) is 9.58. The molecular weight excluding hydrogens is 266 g/mol. The van der Waals surface area contributed by atoms with Crippen molar-refractivity contribution < 1.29 is 5.11 Å². The van der Waals surface area contributed by atoms with Gasteiger partial charge in [0.25, 0.3) is 0 Å². The Kier molecular flexibility index (Phi) is 4.46. The summed E-state index contributed by atoms with van der Waals surface area (Å²) in [4.78, 5) is 3.25. The third-order valence-electron chi connectivity index (χ3n) is 3.60. The molecule has 0 radical (unpaired) electrons. The van der Waals surface area contributed by atoms with Gasteiger partial charge in [-0.2, -0.15) is 0 Å². The number of anilines is 1. The van der Waals surface area contributed by atoms with Crippen LogP contribution in [-0.2, 0) is 6.42 Å². The van der Waals surface area contributed by atoms with Crippen molar-refractivity contribution >= 4 is 17.4 Å². The van der Waals surface area contributed by atoms with Crippen LogP contribution >= 0.6 is 11.8 Å². The average molecular weight is 285 g/mol. The number of fused-ring (bicyclic) bond motifs is 1. The molecule has 1 unspecified atom stereocenters. The summed E-state index contributed by atoms with van der Waals surface area (Å²) in [5.41, 5.74) is 3.35. The Balaban J connectivity index is 2.54. The molecular formula is C17H19NOS. The fraction of sp³-hybridized carbons (Fsp3) is 0.294. The number of rotatable bonds is 1. The zero-order valence-corrected chi connectivity index (χ0v) is 12.7. The highest BCUT2D eigenvalue weighted by molar-refractivity contribution is 8.03. The summed E-state index contributed by atoms with van der Waals surface area (Å²) in [7, 11) is 2.00. The maximum atomic E-state index is 9.69. The lowest BCUT2D eigenvalue weighted by molar-refractivity contribution is 0.474. The first-order valence-corrected chi connectivity index (χ1v) is 7.54. The lowest BCUT2D eigenvalue weighted by Gasteiger charge is -2.29. The summed E-state index contributed by atoms with van der Waals surface area (Å²) in [5.74, 6) is 4.11. The van der Waals surface area contributed by atoms with Gasteiger partial charge in [-0.05, 0) is 42.7 Å². The normalized spacial score (nSPS) is 23.1. The number of aryl methyl sites for hydroxylation is 1. The predicted octanol–water partition coefficient (Wildman–Crippen LogP) is 3.58. The number of thioether (sulfide) groups is 1. The monoisotopic (exact) mass is 285 g/mol. The van der Waals surface area contributed by atoms with E-state index in [0.29, 0.717) is 5.75 Å². The summed E-state index contributed by atoms with van der Waals surface area (Å²) >= 11 is 1.77. The molecule has 1 aromatic carbocycles. The SMILES string of the molecule is C#CC1/C(C)=C(/C=C)SCCc2cc(O)ccc2N1C.